The topological polar surface area (TPSA) is 71.8 Å². The summed E-state index contributed by atoms with van der Waals surface area (Å²) in [5, 5.41) is 11.9. The van der Waals surface area contributed by atoms with Gasteiger partial charge in [-0.3, -0.25) is 0 Å². The highest BCUT2D eigenvalue weighted by Crippen LogP contribution is 2.22. The van der Waals surface area contributed by atoms with E-state index in [-0.39, 0.29) is 12.4 Å². The van der Waals surface area contributed by atoms with Crippen LogP contribution in [0.2, 0.25) is 0 Å². The molecule has 7 nitrogen and oxygen atoms in total. The minimum atomic E-state index is 0. The highest BCUT2D eigenvalue weighted by atomic mass is 35.5. The summed E-state index contributed by atoms with van der Waals surface area (Å²) < 4.78 is 1.77. The normalized spacial score (nSPS) is 14.7. The SMILES string of the molecule is Cc1ccc(-n2nnc3c(N4CCNCC4)ncnc32)cc1.Cl. The first-order valence-electron chi connectivity index (χ1n) is 7.42. The summed E-state index contributed by atoms with van der Waals surface area (Å²) >= 11 is 0. The van der Waals surface area contributed by atoms with Crippen molar-refractivity contribution in [3.63, 3.8) is 0 Å². The van der Waals surface area contributed by atoms with Gasteiger partial charge in [0, 0.05) is 26.2 Å². The van der Waals surface area contributed by atoms with Crippen molar-refractivity contribution >= 4 is 29.4 Å². The molecule has 0 saturated carbocycles. The van der Waals surface area contributed by atoms with Crippen LogP contribution in [0.1, 0.15) is 5.56 Å². The van der Waals surface area contributed by atoms with Gasteiger partial charge in [0.1, 0.15) is 6.33 Å². The Morgan fingerprint density at radius 1 is 1.04 bits per heavy atom. The van der Waals surface area contributed by atoms with Gasteiger partial charge in [0.15, 0.2) is 17.0 Å². The van der Waals surface area contributed by atoms with Crippen molar-refractivity contribution in [1.29, 1.82) is 0 Å². The van der Waals surface area contributed by atoms with Crippen molar-refractivity contribution in [3.8, 4) is 5.69 Å². The predicted octanol–water partition coefficient (Wildman–Crippen LogP) is 1.35. The number of fused-ring (bicyclic) bond motifs is 1. The van der Waals surface area contributed by atoms with Crippen LogP contribution in [0.25, 0.3) is 16.9 Å². The molecule has 0 atom stereocenters. The van der Waals surface area contributed by atoms with Crippen molar-refractivity contribution in [1.82, 2.24) is 30.3 Å². The van der Waals surface area contributed by atoms with E-state index in [1.54, 1.807) is 11.0 Å². The van der Waals surface area contributed by atoms with Crippen LogP contribution in [0.15, 0.2) is 30.6 Å². The molecule has 120 valence electrons. The Balaban J connectivity index is 0.00000156. The van der Waals surface area contributed by atoms with Crippen LogP contribution in [0.4, 0.5) is 5.82 Å². The van der Waals surface area contributed by atoms with Crippen LogP contribution in [-0.2, 0) is 0 Å². The van der Waals surface area contributed by atoms with E-state index >= 15 is 0 Å². The van der Waals surface area contributed by atoms with E-state index in [0.29, 0.717) is 0 Å². The summed E-state index contributed by atoms with van der Waals surface area (Å²) in [6, 6.07) is 8.16. The molecule has 23 heavy (non-hydrogen) atoms. The second-order valence-electron chi connectivity index (χ2n) is 5.44. The third-order valence-electron chi connectivity index (χ3n) is 3.91. The van der Waals surface area contributed by atoms with Gasteiger partial charge in [-0.15, -0.1) is 17.5 Å². The Morgan fingerprint density at radius 3 is 2.52 bits per heavy atom. The molecule has 0 amide bonds. The fourth-order valence-electron chi connectivity index (χ4n) is 2.70. The molecule has 8 heteroatoms. The Labute approximate surface area is 140 Å². The second-order valence-corrected chi connectivity index (χ2v) is 5.44. The molecule has 1 fully saturated rings. The first kappa shape index (κ1) is 15.6. The number of anilines is 1. The maximum atomic E-state index is 4.42. The molecule has 2 aromatic heterocycles. The Bertz CT molecular complexity index is 793. The van der Waals surface area contributed by atoms with Crippen LogP contribution in [0, 0.1) is 6.92 Å². The highest BCUT2D eigenvalue weighted by Gasteiger charge is 2.19. The van der Waals surface area contributed by atoms with Crippen molar-refractivity contribution in [2.24, 2.45) is 0 Å². The number of aryl methyl sites for hydroxylation is 1. The maximum absolute atomic E-state index is 4.42. The van der Waals surface area contributed by atoms with Gasteiger partial charge in [-0.25, -0.2) is 9.97 Å². The molecular formula is C15H18ClN7. The lowest BCUT2D eigenvalue weighted by molar-refractivity contribution is 0.585. The first-order valence-corrected chi connectivity index (χ1v) is 7.42. The smallest absolute Gasteiger partial charge is 0.189 e. The van der Waals surface area contributed by atoms with Crippen LogP contribution in [-0.4, -0.2) is 51.1 Å². The van der Waals surface area contributed by atoms with Crippen LogP contribution >= 0.6 is 12.4 Å². The van der Waals surface area contributed by atoms with Crippen LogP contribution < -0.4 is 10.2 Å². The molecule has 0 bridgehead atoms. The van der Waals surface area contributed by atoms with Crippen molar-refractivity contribution in [3.05, 3.63) is 36.2 Å². The molecule has 1 saturated heterocycles. The number of rotatable bonds is 2. The monoisotopic (exact) mass is 331 g/mol. The number of halogens is 1. The zero-order valence-corrected chi connectivity index (χ0v) is 13.6. The van der Waals surface area contributed by atoms with Gasteiger partial charge in [0.05, 0.1) is 5.69 Å². The average molecular weight is 332 g/mol. The van der Waals surface area contributed by atoms with E-state index in [1.807, 2.05) is 12.1 Å². The lowest BCUT2D eigenvalue weighted by Gasteiger charge is -2.28. The molecule has 1 aliphatic rings. The Hall–Kier alpha value is -2.25. The minimum absolute atomic E-state index is 0. The lowest BCUT2D eigenvalue weighted by atomic mass is 10.2. The Morgan fingerprint density at radius 2 is 1.78 bits per heavy atom. The molecule has 0 unspecified atom stereocenters. The summed E-state index contributed by atoms with van der Waals surface area (Å²) in [4.78, 5) is 11.0. The van der Waals surface area contributed by atoms with E-state index in [1.165, 1.54) is 5.56 Å². The summed E-state index contributed by atoms with van der Waals surface area (Å²) in [5.41, 5.74) is 3.67. The van der Waals surface area contributed by atoms with Gasteiger partial charge in [0.2, 0.25) is 0 Å². The number of nitrogens with one attached hydrogen (secondary N) is 1. The molecule has 0 spiro atoms. The van der Waals surface area contributed by atoms with Crippen molar-refractivity contribution in [2.45, 2.75) is 6.92 Å². The van der Waals surface area contributed by atoms with Crippen molar-refractivity contribution < 1.29 is 0 Å². The Kier molecular flexibility index (Phi) is 4.40. The lowest BCUT2D eigenvalue weighted by Crippen LogP contribution is -2.44. The third kappa shape index (κ3) is 2.85. The molecule has 3 heterocycles. The minimum Gasteiger partial charge on any atom is -0.352 e. The number of benzene rings is 1. The maximum Gasteiger partial charge on any atom is 0.189 e. The summed E-state index contributed by atoms with van der Waals surface area (Å²) in [7, 11) is 0. The quantitative estimate of drug-likeness (QED) is 0.764. The molecule has 4 rings (SSSR count). The van der Waals surface area contributed by atoms with Gasteiger partial charge in [-0.05, 0) is 19.1 Å². The van der Waals surface area contributed by atoms with E-state index < -0.39 is 0 Å². The predicted molar refractivity (Wildman–Crippen MR) is 91.5 cm³/mol. The van der Waals surface area contributed by atoms with Gasteiger partial charge in [-0.1, -0.05) is 22.9 Å². The summed E-state index contributed by atoms with van der Waals surface area (Å²) in [5.74, 6) is 0.866. The number of nitrogens with zero attached hydrogens (tertiary/aromatic N) is 6. The fourth-order valence-corrected chi connectivity index (χ4v) is 2.70. The number of aromatic nitrogens is 5. The van der Waals surface area contributed by atoms with Gasteiger partial charge in [-0.2, -0.15) is 4.68 Å². The summed E-state index contributed by atoms with van der Waals surface area (Å²) in [6.07, 6.45) is 1.59. The largest absolute Gasteiger partial charge is 0.352 e. The zero-order valence-electron chi connectivity index (χ0n) is 12.8. The van der Waals surface area contributed by atoms with Gasteiger partial charge >= 0.3 is 0 Å². The molecule has 1 N–H and O–H groups in total. The molecule has 1 aromatic carbocycles. The highest BCUT2D eigenvalue weighted by molar-refractivity contribution is 5.85. The zero-order chi connectivity index (χ0) is 14.9. The summed E-state index contributed by atoms with van der Waals surface area (Å²) in [6.45, 7) is 5.82. The number of hydrogen-bond donors (Lipinski definition) is 1. The molecule has 3 aromatic rings. The molecule has 0 aliphatic carbocycles. The van der Waals surface area contributed by atoms with E-state index in [0.717, 1.165) is 48.8 Å². The van der Waals surface area contributed by atoms with Gasteiger partial charge < -0.3 is 10.2 Å². The first-order chi connectivity index (χ1) is 10.8. The van der Waals surface area contributed by atoms with Crippen molar-refractivity contribution in [2.75, 3.05) is 31.1 Å². The second kappa shape index (κ2) is 6.47. The molecule has 1 aliphatic heterocycles. The van der Waals surface area contributed by atoms with E-state index in [9.17, 15) is 0 Å². The molecule has 0 radical (unpaired) electrons. The van der Waals surface area contributed by atoms with Crippen LogP contribution in [0.5, 0.6) is 0 Å². The fraction of sp³-hybridized carbons (Fsp3) is 0.333. The number of hydrogen-bond acceptors (Lipinski definition) is 6. The standard InChI is InChI=1S/C15H17N7.ClH/c1-11-2-4-12(5-3-11)22-15-13(19-20-22)14(17-10-18-15)21-8-6-16-7-9-21;/h2-5,10,16H,6-9H2,1H3;1H. The van der Waals surface area contributed by atoms with E-state index in [4.69, 9.17) is 0 Å². The third-order valence-corrected chi connectivity index (χ3v) is 3.91. The van der Waals surface area contributed by atoms with Crippen LogP contribution in [0.3, 0.4) is 0 Å². The van der Waals surface area contributed by atoms with E-state index in [2.05, 4.69) is 49.6 Å². The number of piperazine rings is 1. The average Bonchev–Trinajstić information content (AvgIpc) is 3.00. The van der Waals surface area contributed by atoms with Gasteiger partial charge in [0.25, 0.3) is 0 Å². The molecular weight excluding hydrogens is 314 g/mol.